The zero-order valence-corrected chi connectivity index (χ0v) is 51.3. The number of carbonyl (C=O) groups is 3. The lowest BCUT2D eigenvalue weighted by atomic mass is 10.0. The highest BCUT2D eigenvalue weighted by atomic mass is 16.6. The van der Waals surface area contributed by atoms with Crippen LogP contribution in [0.4, 0.5) is 0 Å². The van der Waals surface area contributed by atoms with Crippen molar-refractivity contribution in [1.29, 1.82) is 0 Å². The molecule has 0 aromatic rings. The average molecular weight is 1070 g/mol. The maximum atomic E-state index is 12.8. The van der Waals surface area contributed by atoms with Gasteiger partial charge in [-0.3, -0.25) is 14.4 Å². The van der Waals surface area contributed by atoms with Crippen molar-refractivity contribution in [2.45, 2.75) is 380 Å². The van der Waals surface area contributed by atoms with Gasteiger partial charge in [0.2, 0.25) is 0 Å². The number of hydrogen-bond donors (Lipinski definition) is 0. The van der Waals surface area contributed by atoms with Crippen molar-refractivity contribution in [2.24, 2.45) is 0 Å². The van der Waals surface area contributed by atoms with Gasteiger partial charge in [0.15, 0.2) is 6.10 Å². The topological polar surface area (TPSA) is 78.9 Å². The van der Waals surface area contributed by atoms with E-state index >= 15 is 0 Å². The van der Waals surface area contributed by atoms with Crippen LogP contribution in [-0.4, -0.2) is 37.2 Å². The van der Waals surface area contributed by atoms with E-state index in [1.54, 1.807) is 0 Å². The number of carbonyl (C=O) groups excluding carboxylic acids is 3. The third-order valence-corrected chi connectivity index (χ3v) is 15.4. The van der Waals surface area contributed by atoms with Crippen LogP contribution >= 0.6 is 0 Å². The molecule has 0 saturated heterocycles. The number of allylic oxidation sites excluding steroid dienone is 6. The zero-order chi connectivity index (χ0) is 55.0. The van der Waals surface area contributed by atoms with E-state index in [1.807, 2.05) is 0 Å². The molecule has 0 fully saturated rings. The average Bonchev–Trinajstić information content (AvgIpc) is 3.42. The van der Waals surface area contributed by atoms with Crippen molar-refractivity contribution in [2.75, 3.05) is 13.2 Å². The molecule has 0 heterocycles. The van der Waals surface area contributed by atoms with Crippen molar-refractivity contribution in [3.63, 3.8) is 0 Å². The second-order valence-corrected chi connectivity index (χ2v) is 23.1. The predicted octanol–water partition coefficient (Wildman–Crippen LogP) is 23.2. The van der Waals surface area contributed by atoms with Gasteiger partial charge in [-0.2, -0.15) is 0 Å². The highest BCUT2D eigenvalue weighted by molar-refractivity contribution is 5.71. The van der Waals surface area contributed by atoms with Gasteiger partial charge >= 0.3 is 17.9 Å². The minimum atomic E-state index is -0.775. The molecule has 0 aliphatic heterocycles. The molecule has 446 valence electrons. The van der Waals surface area contributed by atoms with E-state index in [2.05, 4.69) is 57.2 Å². The molecule has 0 spiro atoms. The van der Waals surface area contributed by atoms with Gasteiger partial charge < -0.3 is 14.2 Å². The summed E-state index contributed by atoms with van der Waals surface area (Å²) in [4.78, 5) is 38.1. The van der Waals surface area contributed by atoms with Gasteiger partial charge in [-0.05, 0) is 57.8 Å². The van der Waals surface area contributed by atoms with Crippen LogP contribution in [0.5, 0.6) is 0 Å². The summed E-state index contributed by atoms with van der Waals surface area (Å²) in [6.45, 7) is 6.62. The number of rotatable bonds is 63. The Morgan fingerprint density at radius 2 is 0.474 bits per heavy atom. The molecule has 6 nitrogen and oxygen atoms in total. The van der Waals surface area contributed by atoms with Crippen LogP contribution < -0.4 is 0 Å². The van der Waals surface area contributed by atoms with E-state index in [0.29, 0.717) is 19.3 Å². The van der Waals surface area contributed by atoms with E-state index in [0.717, 1.165) is 77.0 Å². The number of ether oxygens (including phenoxy) is 3. The van der Waals surface area contributed by atoms with Gasteiger partial charge in [-0.1, -0.05) is 333 Å². The maximum Gasteiger partial charge on any atom is 0.306 e. The van der Waals surface area contributed by atoms with E-state index in [1.165, 1.54) is 257 Å². The SMILES string of the molecule is CCCCC/C=C\C/C=C\C/C=C\CCCCCCCCC(=O)OC(COC(=O)CCCCCCCCC)COC(=O)CCCCCCCCCCCCCCCCCCCCCCCCCCCCCCCCCC. The molecule has 0 N–H and O–H groups in total. The zero-order valence-electron chi connectivity index (χ0n) is 51.3. The number of unbranched alkanes of at least 4 members (excludes halogenated alkanes) is 46. The first kappa shape index (κ1) is 73.6. The Morgan fingerprint density at radius 3 is 0.763 bits per heavy atom. The van der Waals surface area contributed by atoms with Crippen molar-refractivity contribution in [3.8, 4) is 0 Å². The molecule has 0 aliphatic carbocycles. The standard InChI is InChI=1S/C70H130O6/c1-4-7-10-13-16-18-20-22-24-26-28-29-30-31-32-33-34-35-36-37-38-39-40-42-43-45-47-49-51-54-57-60-63-69(72)75-66-67(65-74-68(71)62-59-56-53-15-12-9-6-3)76-70(73)64-61-58-55-52-50-48-46-44-41-27-25-23-21-19-17-14-11-8-5-2/h17,19,23,25,41,44,67H,4-16,18,20-22,24,26-40,42-43,45-66H2,1-3H3/b19-17-,25-23-,44-41-. The highest BCUT2D eigenvalue weighted by Crippen LogP contribution is 2.18. The Bertz CT molecular complexity index is 1270. The summed E-state index contributed by atoms with van der Waals surface area (Å²) < 4.78 is 16.8. The third-order valence-electron chi connectivity index (χ3n) is 15.4. The fourth-order valence-corrected chi connectivity index (χ4v) is 10.3. The summed E-state index contributed by atoms with van der Waals surface area (Å²) >= 11 is 0. The first-order chi connectivity index (χ1) is 37.5. The fraction of sp³-hybridized carbons (Fsp3) is 0.871. The van der Waals surface area contributed by atoms with Crippen LogP contribution in [0.25, 0.3) is 0 Å². The predicted molar refractivity (Wildman–Crippen MR) is 330 cm³/mol. The Balaban J connectivity index is 3.99. The minimum Gasteiger partial charge on any atom is -0.462 e. The van der Waals surface area contributed by atoms with E-state index < -0.39 is 6.10 Å². The second-order valence-electron chi connectivity index (χ2n) is 23.1. The second kappa shape index (κ2) is 65.2. The van der Waals surface area contributed by atoms with Crippen molar-refractivity contribution < 1.29 is 28.6 Å². The quantitative estimate of drug-likeness (QED) is 0.0261. The van der Waals surface area contributed by atoms with E-state index in [9.17, 15) is 14.4 Å². The molecular weight excluding hydrogens is 937 g/mol. The molecule has 0 bridgehead atoms. The molecule has 1 unspecified atom stereocenters. The van der Waals surface area contributed by atoms with Crippen LogP contribution in [0.3, 0.4) is 0 Å². The Morgan fingerprint density at radius 1 is 0.263 bits per heavy atom. The summed E-state index contributed by atoms with van der Waals surface area (Å²) in [5.74, 6) is -0.872. The summed E-state index contributed by atoms with van der Waals surface area (Å²) in [7, 11) is 0. The maximum absolute atomic E-state index is 12.8. The van der Waals surface area contributed by atoms with Gasteiger partial charge in [0, 0.05) is 19.3 Å². The fourth-order valence-electron chi connectivity index (χ4n) is 10.3. The van der Waals surface area contributed by atoms with Crippen molar-refractivity contribution in [1.82, 2.24) is 0 Å². The summed E-state index contributed by atoms with van der Waals surface area (Å²) in [6.07, 6.45) is 80.7. The molecule has 76 heavy (non-hydrogen) atoms. The molecule has 0 rings (SSSR count). The Hall–Kier alpha value is -2.37. The molecule has 6 heteroatoms. The van der Waals surface area contributed by atoms with Crippen LogP contribution in [0.15, 0.2) is 36.5 Å². The Kier molecular flexibility index (Phi) is 63.1. The van der Waals surface area contributed by atoms with E-state index in [-0.39, 0.29) is 31.1 Å². The van der Waals surface area contributed by atoms with Gasteiger partial charge in [0.1, 0.15) is 13.2 Å². The lowest BCUT2D eigenvalue weighted by Crippen LogP contribution is -2.30. The van der Waals surface area contributed by atoms with Gasteiger partial charge in [-0.15, -0.1) is 0 Å². The van der Waals surface area contributed by atoms with Crippen LogP contribution in [-0.2, 0) is 28.6 Å². The molecule has 0 aliphatic rings. The van der Waals surface area contributed by atoms with E-state index in [4.69, 9.17) is 14.2 Å². The molecule has 1 atom stereocenters. The molecule has 0 radical (unpaired) electrons. The first-order valence-corrected chi connectivity index (χ1v) is 34.0. The summed E-state index contributed by atoms with van der Waals surface area (Å²) in [6, 6.07) is 0. The third kappa shape index (κ3) is 62.5. The smallest absolute Gasteiger partial charge is 0.306 e. The van der Waals surface area contributed by atoms with Gasteiger partial charge in [0.25, 0.3) is 0 Å². The minimum absolute atomic E-state index is 0.0732. The van der Waals surface area contributed by atoms with Gasteiger partial charge in [-0.25, -0.2) is 0 Å². The van der Waals surface area contributed by atoms with Gasteiger partial charge in [0.05, 0.1) is 0 Å². The van der Waals surface area contributed by atoms with Crippen molar-refractivity contribution >= 4 is 17.9 Å². The molecular formula is C70H130O6. The molecule has 0 aromatic heterocycles. The lowest BCUT2D eigenvalue weighted by Gasteiger charge is -2.18. The molecule has 0 aromatic carbocycles. The summed E-state index contributed by atoms with van der Waals surface area (Å²) in [5.41, 5.74) is 0. The Labute approximate surface area is 474 Å². The lowest BCUT2D eigenvalue weighted by molar-refractivity contribution is -0.167. The monoisotopic (exact) mass is 1070 g/mol. The molecule has 0 saturated carbocycles. The molecule has 0 amide bonds. The largest absolute Gasteiger partial charge is 0.462 e. The number of esters is 3. The van der Waals surface area contributed by atoms with Crippen LogP contribution in [0, 0.1) is 0 Å². The normalized spacial score (nSPS) is 12.2. The summed E-state index contributed by atoms with van der Waals surface area (Å²) in [5, 5.41) is 0. The highest BCUT2D eigenvalue weighted by Gasteiger charge is 2.19. The van der Waals surface area contributed by atoms with Crippen molar-refractivity contribution in [3.05, 3.63) is 36.5 Å². The van der Waals surface area contributed by atoms with Crippen LogP contribution in [0.1, 0.15) is 374 Å². The van der Waals surface area contributed by atoms with Crippen LogP contribution in [0.2, 0.25) is 0 Å². The first-order valence-electron chi connectivity index (χ1n) is 34.0. The number of hydrogen-bond acceptors (Lipinski definition) is 6.